The largest absolute Gasteiger partial charge is 0.370 e. The van der Waals surface area contributed by atoms with Crippen LogP contribution in [0.5, 0.6) is 0 Å². The zero-order valence-corrected chi connectivity index (χ0v) is 13.2. The first-order valence-electron chi connectivity index (χ1n) is 7.64. The molecule has 0 aromatic heterocycles. The van der Waals surface area contributed by atoms with E-state index in [1.807, 2.05) is 32.0 Å². The molecule has 1 aliphatic rings. The van der Waals surface area contributed by atoms with Gasteiger partial charge in [0.05, 0.1) is 26.3 Å². The van der Waals surface area contributed by atoms with E-state index < -0.39 is 11.8 Å². The van der Waals surface area contributed by atoms with E-state index in [1.165, 1.54) is 4.90 Å². The van der Waals surface area contributed by atoms with Crippen LogP contribution in [0, 0.1) is 13.8 Å². The van der Waals surface area contributed by atoms with Gasteiger partial charge in [0.25, 0.3) is 0 Å². The fourth-order valence-electron chi connectivity index (χ4n) is 2.53. The van der Waals surface area contributed by atoms with Crippen molar-refractivity contribution < 1.29 is 19.2 Å². The van der Waals surface area contributed by atoms with Crippen LogP contribution in [0.2, 0.25) is 0 Å². The van der Waals surface area contributed by atoms with E-state index in [9.17, 15) is 9.59 Å². The molecule has 3 N–H and O–H groups in total. The Kier molecular flexibility index (Phi) is 5.91. The van der Waals surface area contributed by atoms with Crippen LogP contribution in [-0.2, 0) is 14.3 Å². The molecule has 1 aromatic rings. The Labute approximate surface area is 130 Å². The van der Waals surface area contributed by atoms with Crippen LogP contribution in [-0.4, -0.2) is 51.2 Å². The molecule has 0 bridgehead atoms. The molecular weight excluding hydrogens is 282 g/mol. The first-order chi connectivity index (χ1) is 10.6. The van der Waals surface area contributed by atoms with Crippen molar-refractivity contribution in [3.63, 3.8) is 0 Å². The lowest BCUT2D eigenvalue weighted by molar-refractivity contribution is -0.906. The van der Waals surface area contributed by atoms with Gasteiger partial charge in [0.15, 0.2) is 0 Å². The lowest BCUT2D eigenvalue weighted by Gasteiger charge is -2.23. The van der Waals surface area contributed by atoms with Crippen LogP contribution in [0.3, 0.4) is 0 Å². The number of morpholine rings is 1. The molecule has 1 aliphatic heterocycles. The number of anilines is 1. The van der Waals surface area contributed by atoms with Gasteiger partial charge in [0.1, 0.15) is 13.1 Å². The third kappa shape index (κ3) is 4.54. The monoisotopic (exact) mass is 306 g/mol. The van der Waals surface area contributed by atoms with Crippen molar-refractivity contribution >= 4 is 17.5 Å². The second-order valence-electron chi connectivity index (χ2n) is 5.59. The standard InChI is InChI=1S/C16H23N3O3/c1-12-4-3-5-13(2)14(12)18-16(21)15(20)17-6-7-19-8-10-22-11-9-19/h3-5H,6-11H2,1-2H3,(H,17,20)(H,18,21)/p+1. The molecule has 120 valence electrons. The number of hydrogen-bond acceptors (Lipinski definition) is 3. The average molecular weight is 306 g/mol. The Morgan fingerprint density at radius 3 is 2.41 bits per heavy atom. The summed E-state index contributed by atoms with van der Waals surface area (Å²) in [5.41, 5.74) is 2.60. The minimum absolute atomic E-state index is 0.494. The van der Waals surface area contributed by atoms with E-state index in [0.717, 1.165) is 44.0 Å². The number of hydrogen-bond donors (Lipinski definition) is 3. The van der Waals surface area contributed by atoms with E-state index in [-0.39, 0.29) is 0 Å². The average Bonchev–Trinajstić information content (AvgIpc) is 2.52. The summed E-state index contributed by atoms with van der Waals surface area (Å²) in [7, 11) is 0. The molecule has 6 heteroatoms. The molecule has 0 radical (unpaired) electrons. The Hall–Kier alpha value is -1.92. The number of para-hydroxylation sites is 1. The molecule has 0 atom stereocenters. The van der Waals surface area contributed by atoms with Crippen LogP contribution >= 0.6 is 0 Å². The number of ether oxygens (including phenoxy) is 1. The third-order valence-corrected chi connectivity index (χ3v) is 3.89. The molecule has 0 aliphatic carbocycles. The summed E-state index contributed by atoms with van der Waals surface area (Å²) in [6.45, 7) is 8.53. The van der Waals surface area contributed by atoms with Gasteiger partial charge >= 0.3 is 11.8 Å². The fourth-order valence-corrected chi connectivity index (χ4v) is 2.53. The first-order valence-corrected chi connectivity index (χ1v) is 7.64. The molecule has 0 saturated carbocycles. The fraction of sp³-hybridized carbons (Fsp3) is 0.500. The molecule has 1 saturated heterocycles. The van der Waals surface area contributed by atoms with Crippen molar-refractivity contribution in [2.24, 2.45) is 0 Å². The highest BCUT2D eigenvalue weighted by molar-refractivity contribution is 6.39. The SMILES string of the molecule is Cc1cccc(C)c1NC(=O)C(=O)NCC[NH+]1CCOCC1. The van der Waals surface area contributed by atoms with E-state index >= 15 is 0 Å². The highest BCUT2D eigenvalue weighted by atomic mass is 16.5. The summed E-state index contributed by atoms with van der Waals surface area (Å²) in [6.07, 6.45) is 0. The molecule has 1 heterocycles. The summed E-state index contributed by atoms with van der Waals surface area (Å²) in [6, 6.07) is 5.73. The van der Waals surface area contributed by atoms with Gasteiger partial charge in [-0.1, -0.05) is 18.2 Å². The summed E-state index contributed by atoms with van der Waals surface area (Å²) in [5, 5.41) is 5.37. The third-order valence-electron chi connectivity index (χ3n) is 3.89. The molecule has 1 fully saturated rings. The van der Waals surface area contributed by atoms with Crippen LogP contribution in [0.4, 0.5) is 5.69 Å². The van der Waals surface area contributed by atoms with Crippen molar-refractivity contribution in [2.75, 3.05) is 44.7 Å². The van der Waals surface area contributed by atoms with Crippen molar-refractivity contribution in [1.82, 2.24) is 5.32 Å². The van der Waals surface area contributed by atoms with E-state index in [0.29, 0.717) is 12.2 Å². The van der Waals surface area contributed by atoms with Gasteiger partial charge in [-0.15, -0.1) is 0 Å². The number of carbonyl (C=O) groups is 2. The van der Waals surface area contributed by atoms with Crippen LogP contribution in [0.15, 0.2) is 18.2 Å². The number of aryl methyl sites for hydroxylation is 2. The normalized spacial score (nSPS) is 15.4. The number of benzene rings is 1. The van der Waals surface area contributed by atoms with Crippen molar-refractivity contribution in [3.05, 3.63) is 29.3 Å². The maximum Gasteiger partial charge on any atom is 0.313 e. The maximum atomic E-state index is 11.9. The van der Waals surface area contributed by atoms with Gasteiger partial charge in [-0.25, -0.2) is 0 Å². The Morgan fingerprint density at radius 1 is 1.14 bits per heavy atom. The van der Waals surface area contributed by atoms with Gasteiger partial charge in [-0.05, 0) is 25.0 Å². The van der Waals surface area contributed by atoms with Crippen LogP contribution in [0.1, 0.15) is 11.1 Å². The zero-order valence-electron chi connectivity index (χ0n) is 13.2. The Bertz CT molecular complexity index is 519. The number of quaternary nitrogens is 1. The highest BCUT2D eigenvalue weighted by Crippen LogP contribution is 2.18. The lowest BCUT2D eigenvalue weighted by Crippen LogP contribution is -3.14. The summed E-state index contributed by atoms with van der Waals surface area (Å²) in [4.78, 5) is 25.2. The smallest absolute Gasteiger partial charge is 0.313 e. The topological polar surface area (TPSA) is 71.9 Å². The molecule has 0 spiro atoms. The predicted molar refractivity (Wildman–Crippen MR) is 83.9 cm³/mol. The molecular formula is C16H24N3O3+. The molecule has 1 aromatic carbocycles. The van der Waals surface area contributed by atoms with E-state index in [2.05, 4.69) is 10.6 Å². The molecule has 22 heavy (non-hydrogen) atoms. The lowest BCUT2D eigenvalue weighted by atomic mass is 10.1. The predicted octanol–water partition coefficient (Wildman–Crippen LogP) is -0.727. The molecule has 2 rings (SSSR count). The zero-order chi connectivity index (χ0) is 15.9. The highest BCUT2D eigenvalue weighted by Gasteiger charge is 2.17. The van der Waals surface area contributed by atoms with Gasteiger partial charge in [-0.3, -0.25) is 9.59 Å². The molecule has 2 amide bonds. The maximum absolute atomic E-state index is 11.9. The summed E-state index contributed by atoms with van der Waals surface area (Å²) in [5.74, 6) is -1.20. The van der Waals surface area contributed by atoms with Crippen LogP contribution < -0.4 is 15.5 Å². The van der Waals surface area contributed by atoms with Gasteiger partial charge in [0, 0.05) is 5.69 Å². The number of nitrogens with one attached hydrogen (secondary N) is 3. The second-order valence-corrected chi connectivity index (χ2v) is 5.59. The Morgan fingerprint density at radius 2 is 1.77 bits per heavy atom. The first kappa shape index (κ1) is 16.5. The van der Waals surface area contributed by atoms with E-state index in [4.69, 9.17) is 4.74 Å². The quantitative estimate of drug-likeness (QED) is 0.643. The van der Waals surface area contributed by atoms with Crippen molar-refractivity contribution in [2.45, 2.75) is 13.8 Å². The van der Waals surface area contributed by atoms with E-state index in [1.54, 1.807) is 0 Å². The van der Waals surface area contributed by atoms with Crippen molar-refractivity contribution in [1.29, 1.82) is 0 Å². The second kappa shape index (κ2) is 7.91. The summed E-state index contributed by atoms with van der Waals surface area (Å²) < 4.78 is 5.28. The van der Waals surface area contributed by atoms with Crippen molar-refractivity contribution in [3.8, 4) is 0 Å². The van der Waals surface area contributed by atoms with Gasteiger partial charge in [-0.2, -0.15) is 0 Å². The Balaban J connectivity index is 1.78. The number of amides is 2. The number of rotatable bonds is 4. The number of carbonyl (C=O) groups excluding carboxylic acids is 2. The molecule has 0 unspecified atom stereocenters. The minimum atomic E-state index is -0.616. The van der Waals surface area contributed by atoms with Gasteiger partial charge in [0.2, 0.25) is 0 Å². The van der Waals surface area contributed by atoms with Crippen LogP contribution in [0.25, 0.3) is 0 Å². The minimum Gasteiger partial charge on any atom is -0.370 e. The summed E-state index contributed by atoms with van der Waals surface area (Å²) >= 11 is 0. The van der Waals surface area contributed by atoms with Gasteiger partial charge < -0.3 is 20.3 Å². The molecule has 6 nitrogen and oxygen atoms in total.